The molecular formula is C19H21NO8S. The van der Waals surface area contributed by atoms with Crippen LogP contribution in [0.2, 0.25) is 0 Å². The summed E-state index contributed by atoms with van der Waals surface area (Å²) < 4.78 is 38.5. The predicted molar refractivity (Wildman–Crippen MR) is 103 cm³/mol. The molecule has 2 heterocycles. The number of amides is 1. The molecular weight excluding hydrogens is 402 g/mol. The quantitative estimate of drug-likeness (QED) is 0.473. The van der Waals surface area contributed by atoms with Crippen LogP contribution in [0, 0.1) is 0 Å². The monoisotopic (exact) mass is 423 g/mol. The van der Waals surface area contributed by atoms with Crippen molar-refractivity contribution in [3.63, 3.8) is 0 Å². The number of ether oxygens (including phenoxy) is 2. The summed E-state index contributed by atoms with van der Waals surface area (Å²) in [6.45, 7) is 1.15. The minimum atomic E-state index is -3.12. The van der Waals surface area contributed by atoms with Gasteiger partial charge in [-0.1, -0.05) is 0 Å². The Morgan fingerprint density at radius 2 is 1.97 bits per heavy atom. The highest BCUT2D eigenvalue weighted by atomic mass is 32.2. The fourth-order valence-corrected chi connectivity index (χ4v) is 4.93. The van der Waals surface area contributed by atoms with E-state index in [2.05, 4.69) is 0 Å². The van der Waals surface area contributed by atoms with Gasteiger partial charge in [-0.25, -0.2) is 18.0 Å². The van der Waals surface area contributed by atoms with Crippen molar-refractivity contribution in [1.82, 2.24) is 4.90 Å². The van der Waals surface area contributed by atoms with E-state index >= 15 is 0 Å². The van der Waals surface area contributed by atoms with Gasteiger partial charge in [0.05, 0.1) is 11.5 Å². The highest BCUT2D eigenvalue weighted by Crippen LogP contribution is 2.20. The first kappa shape index (κ1) is 20.8. The van der Waals surface area contributed by atoms with Gasteiger partial charge in [-0.3, -0.25) is 4.79 Å². The van der Waals surface area contributed by atoms with Crippen LogP contribution in [0.1, 0.15) is 13.3 Å². The minimum Gasteiger partial charge on any atom is -0.482 e. The maximum atomic E-state index is 12.3. The van der Waals surface area contributed by atoms with Crippen molar-refractivity contribution in [3.05, 3.63) is 40.8 Å². The van der Waals surface area contributed by atoms with Crippen molar-refractivity contribution in [3.8, 4) is 5.75 Å². The van der Waals surface area contributed by atoms with Crippen LogP contribution in [0.25, 0.3) is 11.0 Å². The van der Waals surface area contributed by atoms with Gasteiger partial charge in [0.25, 0.3) is 5.91 Å². The van der Waals surface area contributed by atoms with E-state index in [1.807, 2.05) is 0 Å². The lowest BCUT2D eigenvalue weighted by Crippen LogP contribution is -2.43. The van der Waals surface area contributed by atoms with Crippen molar-refractivity contribution in [2.45, 2.75) is 19.4 Å². The average molecular weight is 423 g/mol. The van der Waals surface area contributed by atoms with Crippen LogP contribution in [-0.4, -0.2) is 62.5 Å². The lowest BCUT2D eigenvalue weighted by atomic mass is 10.2. The Bertz CT molecular complexity index is 1080. The summed E-state index contributed by atoms with van der Waals surface area (Å²) in [6.07, 6.45) is 0.386. The van der Waals surface area contributed by atoms with Crippen LogP contribution >= 0.6 is 0 Å². The Kier molecular flexibility index (Phi) is 6.21. The first-order valence-electron chi connectivity index (χ1n) is 9.09. The molecule has 10 heteroatoms. The predicted octanol–water partition coefficient (Wildman–Crippen LogP) is 0.751. The van der Waals surface area contributed by atoms with Crippen LogP contribution in [-0.2, 0) is 24.2 Å². The van der Waals surface area contributed by atoms with Crippen LogP contribution in [0.4, 0.5) is 0 Å². The number of fused-ring (bicyclic) bond motifs is 1. The van der Waals surface area contributed by atoms with Gasteiger partial charge in [-0.05, 0) is 31.5 Å². The molecule has 1 aliphatic heterocycles. The van der Waals surface area contributed by atoms with Gasteiger partial charge in [-0.2, -0.15) is 0 Å². The molecule has 156 valence electrons. The minimum absolute atomic E-state index is 0.0565. The van der Waals surface area contributed by atoms with E-state index < -0.39 is 40.6 Å². The summed E-state index contributed by atoms with van der Waals surface area (Å²) in [5.74, 6) is -0.900. The van der Waals surface area contributed by atoms with Crippen molar-refractivity contribution < 1.29 is 31.9 Å². The number of carbonyl (C=O) groups is 2. The number of hydrogen-bond donors (Lipinski definition) is 0. The largest absolute Gasteiger partial charge is 0.482 e. The van der Waals surface area contributed by atoms with E-state index in [4.69, 9.17) is 13.9 Å². The van der Waals surface area contributed by atoms with Crippen LogP contribution in [0.15, 0.2) is 39.5 Å². The lowest BCUT2D eigenvalue weighted by Gasteiger charge is -2.26. The molecule has 1 amide bonds. The smallest absolute Gasteiger partial charge is 0.344 e. The topological polar surface area (TPSA) is 120 Å². The molecule has 1 unspecified atom stereocenters. The Hall–Kier alpha value is -2.88. The second kappa shape index (κ2) is 8.64. The number of rotatable bonds is 7. The Balaban J connectivity index is 1.50. The molecule has 1 atom stereocenters. The molecule has 29 heavy (non-hydrogen) atoms. The first-order valence-corrected chi connectivity index (χ1v) is 10.9. The maximum Gasteiger partial charge on any atom is 0.344 e. The fourth-order valence-electron chi connectivity index (χ4n) is 3.20. The molecule has 1 fully saturated rings. The number of carbonyl (C=O) groups excluding carboxylic acids is 2. The van der Waals surface area contributed by atoms with Gasteiger partial charge >= 0.3 is 11.6 Å². The van der Waals surface area contributed by atoms with Crippen LogP contribution in [0.3, 0.4) is 0 Å². The highest BCUT2D eigenvalue weighted by molar-refractivity contribution is 7.91. The SMILES string of the molecule is CCN(C(=O)COC(=O)COc1ccc2ccc(=O)oc2c1)C1CCS(=O)(=O)C1. The Morgan fingerprint density at radius 1 is 1.21 bits per heavy atom. The molecule has 2 aromatic rings. The Morgan fingerprint density at radius 3 is 2.66 bits per heavy atom. The van der Waals surface area contributed by atoms with Gasteiger partial charge in [0.15, 0.2) is 23.1 Å². The number of hydrogen-bond acceptors (Lipinski definition) is 8. The molecule has 1 saturated heterocycles. The zero-order valence-corrected chi connectivity index (χ0v) is 16.6. The van der Waals surface area contributed by atoms with E-state index in [1.54, 1.807) is 25.1 Å². The summed E-state index contributed by atoms with van der Waals surface area (Å²) in [6, 6.07) is 7.29. The maximum absolute atomic E-state index is 12.3. The van der Waals surface area contributed by atoms with Gasteiger partial charge in [0.1, 0.15) is 11.3 Å². The normalized spacial score (nSPS) is 17.8. The third-order valence-corrected chi connectivity index (χ3v) is 6.37. The molecule has 3 rings (SSSR count). The molecule has 0 N–H and O–H groups in total. The molecule has 0 aliphatic carbocycles. The first-order chi connectivity index (χ1) is 13.8. The number of benzene rings is 1. The molecule has 1 aromatic carbocycles. The van der Waals surface area contributed by atoms with E-state index in [9.17, 15) is 22.8 Å². The summed E-state index contributed by atoms with van der Waals surface area (Å²) >= 11 is 0. The third-order valence-electron chi connectivity index (χ3n) is 4.62. The van der Waals surface area contributed by atoms with E-state index in [0.717, 1.165) is 0 Å². The van der Waals surface area contributed by atoms with Gasteiger partial charge in [0.2, 0.25) is 0 Å². The van der Waals surface area contributed by atoms with E-state index in [1.165, 1.54) is 17.0 Å². The number of esters is 1. The summed E-state index contributed by atoms with van der Waals surface area (Å²) in [7, 11) is -3.12. The summed E-state index contributed by atoms with van der Waals surface area (Å²) in [5.41, 5.74) is -0.174. The van der Waals surface area contributed by atoms with Gasteiger partial charge in [-0.15, -0.1) is 0 Å². The lowest BCUT2D eigenvalue weighted by molar-refractivity contribution is -0.154. The second-order valence-electron chi connectivity index (χ2n) is 6.64. The van der Waals surface area contributed by atoms with E-state index in [0.29, 0.717) is 29.7 Å². The zero-order valence-electron chi connectivity index (χ0n) is 15.8. The van der Waals surface area contributed by atoms with Crippen LogP contribution < -0.4 is 10.4 Å². The molecule has 0 bridgehead atoms. The molecule has 9 nitrogen and oxygen atoms in total. The van der Waals surface area contributed by atoms with Crippen LogP contribution in [0.5, 0.6) is 5.75 Å². The molecule has 1 aliphatic rings. The fraction of sp³-hybridized carbons (Fsp3) is 0.421. The van der Waals surface area contributed by atoms with Crippen molar-refractivity contribution in [1.29, 1.82) is 0 Å². The van der Waals surface area contributed by atoms with Crippen molar-refractivity contribution in [2.24, 2.45) is 0 Å². The van der Waals surface area contributed by atoms with E-state index in [-0.39, 0.29) is 17.5 Å². The zero-order chi connectivity index (χ0) is 21.0. The number of likely N-dealkylation sites (N-methyl/N-ethyl adjacent to an activating group) is 1. The third kappa shape index (κ3) is 5.35. The summed E-state index contributed by atoms with van der Waals surface area (Å²) in [5, 5.41) is 0.707. The standard InChI is InChI=1S/C19H21NO8S/c1-2-20(14-7-8-29(24,25)12-14)17(21)10-27-19(23)11-26-15-5-3-13-4-6-18(22)28-16(13)9-15/h3-6,9,14H,2,7-8,10-12H2,1H3. The molecule has 0 radical (unpaired) electrons. The summed E-state index contributed by atoms with van der Waals surface area (Å²) in [4.78, 5) is 36.9. The molecule has 0 spiro atoms. The highest BCUT2D eigenvalue weighted by Gasteiger charge is 2.34. The number of nitrogens with zero attached hydrogens (tertiary/aromatic N) is 1. The van der Waals surface area contributed by atoms with Crippen molar-refractivity contribution >= 4 is 32.7 Å². The average Bonchev–Trinajstić information content (AvgIpc) is 3.04. The molecule has 0 saturated carbocycles. The molecule has 1 aromatic heterocycles. The van der Waals surface area contributed by atoms with Gasteiger partial charge < -0.3 is 18.8 Å². The van der Waals surface area contributed by atoms with Crippen molar-refractivity contribution in [2.75, 3.05) is 31.3 Å². The van der Waals surface area contributed by atoms with Gasteiger partial charge in [0, 0.05) is 30.1 Å². The Labute approximate surface area is 167 Å². The number of sulfone groups is 1. The second-order valence-corrected chi connectivity index (χ2v) is 8.87.